The Labute approximate surface area is 217 Å². The van der Waals surface area contributed by atoms with Gasteiger partial charge < -0.3 is 4.98 Å². The van der Waals surface area contributed by atoms with E-state index in [1.54, 1.807) is 12.1 Å². The van der Waals surface area contributed by atoms with Crippen molar-refractivity contribution in [3.05, 3.63) is 81.7 Å². The number of anilines is 1. The second kappa shape index (κ2) is 11.6. The van der Waals surface area contributed by atoms with Crippen molar-refractivity contribution in [1.82, 2.24) is 20.3 Å². The number of aliphatic imine (C=N–C) groups is 1. The van der Waals surface area contributed by atoms with Gasteiger partial charge in [0.2, 0.25) is 17.8 Å². The lowest BCUT2D eigenvalue weighted by molar-refractivity contribution is -0.117. The maximum atomic E-state index is 12.7. The van der Waals surface area contributed by atoms with Gasteiger partial charge in [-0.1, -0.05) is 23.2 Å². The van der Waals surface area contributed by atoms with Crippen LogP contribution in [0.1, 0.15) is 17.0 Å². The number of halogens is 2. The first-order valence-electron chi connectivity index (χ1n) is 10.9. The number of nitrogens with zero attached hydrogens (tertiary/aromatic N) is 3. The molecule has 4 aromatic rings. The molecule has 0 unspecified atom stereocenters. The summed E-state index contributed by atoms with van der Waals surface area (Å²) in [7, 11) is 0. The van der Waals surface area contributed by atoms with Crippen molar-refractivity contribution < 1.29 is 4.79 Å². The number of benzene rings is 2. The minimum Gasteiger partial charge on any atom is -0.361 e. The molecule has 2 aromatic carbocycles. The minimum atomic E-state index is -0.195. The summed E-state index contributed by atoms with van der Waals surface area (Å²) in [4.78, 5) is 30.3. The molecule has 0 fully saturated rings. The molecular weight excluding hydrogens is 503 g/mol. The van der Waals surface area contributed by atoms with Crippen LogP contribution in [-0.2, 0) is 11.2 Å². The highest BCUT2D eigenvalue weighted by Crippen LogP contribution is 2.23. The molecule has 0 saturated heterocycles. The van der Waals surface area contributed by atoms with Crippen molar-refractivity contribution >= 4 is 63.7 Å². The molecule has 0 aliphatic rings. The van der Waals surface area contributed by atoms with Crippen LogP contribution in [0.2, 0.25) is 10.0 Å². The molecule has 0 bridgehead atoms. The standard InChI is InChI=1S/C25H24Cl2N6OS/c1-15-11-16(2)31-25(30-15)33-24(32-23(34)14-35-20-6-3-18(26)4-7-20)28-10-9-17-13-29-22-8-5-19(27)12-21(17)22/h3-8,11-13,29H,9-10,14H2,1-2H3,(H2,28,30,31,32,33,34). The SMILES string of the molecule is Cc1cc(C)nc(NC(=NCCc2c[nH]c3ccc(Cl)cc23)NC(=O)CSc2ccc(Cl)cc2)n1. The average Bonchev–Trinajstić information content (AvgIpc) is 3.20. The Bertz CT molecular complexity index is 1350. The maximum Gasteiger partial charge on any atom is 0.237 e. The van der Waals surface area contributed by atoms with Gasteiger partial charge in [-0.2, -0.15) is 0 Å². The van der Waals surface area contributed by atoms with Crippen LogP contribution in [0.25, 0.3) is 10.9 Å². The average molecular weight is 527 g/mol. The number of thioether (sulfide) groups is 1. The van der Waals surface area contributed by atoms with E-state index in [0.29, 0.717) is 34.9 Å². The third-order valence-electron chi connectivity index (χ3n) is 5.03. The lowest BCUT2D eigenvalue weighted by Crippen LogP contribution is -2.38. The van der Waals surface area contributed by atoms with E-state index >= 15 is 0 Å². The van der Waals surface area contributed by atoms with Crippen LogP contribution in [0.15, 0.2) is 64.6 Å². The molecule has 180 valence electrons. The molecule has 0 atom stereocenters. The number of hydrogen-bond acceptors (Lipinski definition) is 5. The number of hydrogen-bond donors (Lipinski definition) is 3. The van der Waals surface area contributed by atoms with Crippen LogP contribution in [0.5, 0.6) is 0 Å². The zero-order valence-electron chi connectivity index (χ0n) is 19.2. The summed E-state index contributed by atoms with van der Waals surface area (Å²) in [6, 6.07) is 15.0. The van der Waals surface area contributed by atoms with Crippen molar-refractivity contribution in [3.63, 3.8) is 0 Å². The Balaban J connectivity index is 1.46. The number of H-pyrrole nitrogens is 1. The second-order valence-electron chi connectivity index (χ2n) is 7.87. The van der Waals surface area contributed by atoms with E-state index in [9.17, 15) is 4.79 Å². The summed E-state index contributed by atoms with van der Waals surface area (Å²) in [6.45, 7) is 4.22. The van der Waals surface area contributed by atoms with Gasteiger partial charge in [-0.05, 0) is 74.4 Å². The summed E-state index contributed by atoms with van der Waals surface area (Å²) in [5.41, 5.74) is 3.75. The highest BCUT2D eigenvalue weighted by Gasteiger charge is 2.11. The second-order valence-corrected chi connectivity index (χ2v) is 9.80. The van der Waals surface area contributed by atoms with E-state index in [-0.39, 0.29) is 11.7 Å². The van der Waals surface area contributed by atoms with E-state index in [2.05, 4.69) is 30.6 Å². The fourth-order valence-corrected chi connectivity index (χ4v) is 4.49. The predicted molar refractivity (Wildman–Crippen MR) is 145 cm³/mol. The molecule has 0 aliphatic heterocycles. The van der Waals surface area contributed by atoms with E-state index in [1.165, 1.54) is 11.8 Å². The summed E-state index contributed by atoms with van der Waals surface area (Å²) in [5, 5.41) is 8.32. The first kappa shape index (κ1) is 25.0. The third kappa shape index (κ3) is 7.21. The fraction of sp³-hybridized carbons (Fsp3) is 0.200. The van der Waals surface area contributed by atoms with Gasteiger partial charge in [0.1, 0.15) is 0 Å². The van der Waals surface area contributed by atoms with Crippen molar-refractivity contribution in [2.24, 2.45) is 4.99 Å². The molecule has 0 radical (unpaired) electrons. The van der Waals surface area contributed by atoms with Crippen molar-refractivity contribution in [3.8, 4) is 0 Å². The number of nitrogens with one attached hydrogen (secondary N) is 3. The van der Waals surface area contributed by atoms with Crippen LogP contribution in [-0.4, -0.2) is 39.1 Å². The monoisotopic (exact) mass is 526 g/mol. The van der Waals surface area contributed by atoms with Crippen molar-refractivity contribution in [2.45, 2.75) is 25.2 Å². The number of guanidine groups is 1. The molecule has 4 rings (SSSR count). The van der Waals surface area contributed by atoms with E-state index in [0.717, 1.165) is 32.7 Å². The first-order chi connectivity index (χ1) is 16.9. The number of aromatic amines is 1. The zero-order valence-corrected chi connectivity index (χ0v) is 21.6. The van der Waals surface area contributed by atoms with Gasteiger partial charge in [0, 0.05) is 50.0 Å². The number of fused-ring (bicyclic) bond motifs is 1. The third-order valence-corrected chi connectivity index (χ3v) is 6.53. The fourth-order valence-electron chi connectivity index (χ4n) is 3.49. The largest absolute Gasteiger partial charge is 0.361 e. The number of rotatable bonds is 7. The van der Waals surface area contributed by atoms with E-state index in [4.69, 9.17) is 23.2 Å². The number of aromatic nitrogens is 3. The normalized spacial score (nSPS) is 11.6. The lowest BCUT2D eigenvalue weighted by Gasteiger charge is -2.11. The topological polar surface area (TPSA) is 95.1 Å². The van der Waals surface area contributed by atoms with Gasteiger partial charge in [0.15, 0.2) is 0 Å². The van der Waals surface area contributed by atoms with Crippen LogP contribution in [0.4, 0.5) is 5.95 Å². The number of amides is 1. The summed E-state index contributed by atoms with van der Waals surface area (Å²) in [6.07, 6.45) is 2.62. The van der Waals surface area contributed by atoms with Crippen LogP contribution in [0.3, 0.4) is 0 Å². The number of carbonyl (C=O) groups is 1. The van der Waals surface area contributed by atoms with Gasteiger partial charge in [-0.25, -0.2) is 9.97 Å². The zero-order chi connectivity index (χ0) is 24.8. The Hall–Kier alpha value is -3.07. The molecule has 3 N–H and O–H groups in total. The molecule has 2 aromatic heterocycles. The molecule has 7 nitrogen and oxygen atoms in total. The smallest absolute Gasteiger partial charge is 0.237 e. The molecule has 35 heavy (non-hydrogen) atoms. The number of aryl methyl sites for hydroxylation is 2. The first-order valence-corrected chi connectivity index (χ1v) is 12.7. The van der Waals surface area contributed by atoms with Crippen molar-refractivity contribution in [1.29, 1.82) is 0 Å². The molecule has 0 aliphatic carbocycles. The molecule has 0 spiro atoms. The van der Waals surface area contributed by atoms with Gasteiger partial charge >= 0.3 is 0 Å². The molecular formula is C25H24Cl2N6OS. The Morgan fingerprint density at radius 1 is 1.03 bits per heavy atom. The highest BCUT2D eigenvalue weighted by atomic mass is 35.5. The molecule has 10 heteroatoms. The van der Waals surface area contributed by atoms with Crippen molar-refractivity contribution in [2.75, 3.05) is 17.6 Å². The predicted octanol–water partition coefficient (Wildman–Crippen LogP) is 5.80. The molecule has 1 amide bonds. The molecule has 0 saturated carbocycles. The van der Waals surface area contributed by atoms with Crippen LogP contribution >= 0.6 is 35.0 Å². The summed E-state index contributed by atoms with van der Waals surface area (Å²) < 4.78 is 0. The van der Waals surface area contributed by atoms with Crippen LogP contribution < -0.4 is 10.6 Å². The van der Waals surface area contributed by atoms with Gasteiger partial charge in [0.05, 0.1) is 5.75 Å². The van der Waals surface area contributed by atoms with Gasteiger partial charge in [-0.3, -0.25) is 20.4 Å². The highest BCUT2D eigenvalue weighted by molar-refractivity contribution is 8.00. The maximum absolute atomic E-state index is 12.7. The van der Waals surface area contributed by atoms with E-state index < -0.39 is 0 Å². The van der Waals surface area contributed by atoms with Crippen LogP contribution in [0, 0.1) is 13.8 Å². The number of carbonyl (C=O) groups excluding carboxylic acids is 1. The quantitative estimate of drug-likeness (QED) is 0.160. The Kier molecular flexibility index (Phi) is 8.28. The van der Waals surface area contributed by atoms with Gasteiger partial charge in [0.25, 0.3) is 0 Å². The van der Waals surface area contributed by atoms with E-state index in [1.807, 2.05) is 56.4 Å². The Morgan fingerprint density at radius 2 is 1.74 bits per heavy atom. The summed E-state index contributed by atoms with van der Waals surface area (Å²) in [5.74, 6) is 0.705. The van der Waals surface area contributed by atoms with Gasteiger partial charge in [-0.15, -0.1) is 11.8 Å². The lowest BCUT2D eigenvalue weighted by atomic mass is 10.1. The summed E-state index contributed by atoms with van der Waals surface area (Å²) >= 11 is 13.5. The molecule has 2 heterocycles. The minimum absolute atomic E-state index is 0.195. The Morgan fingerprint density at radius 3 is 2.49 bits per heavy atom.